The maximum Gasteiger partial charge on any atom is 0.127 e. The molecule has 0 fully saturated rings. The van der Waals surface area contributed by atoms with Gasteiger partial charge in [-0.1, -0.05) is 25.1 Å². The molecule has 96 valence electrons. The Bertz CT molecular complexity index is 484. The molecule has 2 unspecified atom stereocenters. The van der Waals surface area contributed by atoms with Gasteiger partial charge in [0.25, 0.3) is 0 Å². The quantitative estimate of drug-likeness (QED) is 0.890. The first-order valence-electron chi connectivity index (χ1n) is 6.05. The summed E-state index contributed by atoms with van der Waals surface area (Å²) in [7, 11) is 0. The minimum Gasteiger partial charge on any atom is -0.309 e. The second kappa shape index (κ2) is 6.07. The van der Waals surface area contributed by atoms with Crippen LogP contribution in [0.2, 0.25) is 0 Å². The number of rotatable bonds is 5. The van der Waals surface area contributed by atoms with Crippen molar-refractivity contribution in [3.05, 3.63) is 52.2 Å². The number of benzene rings is 1. The fourth-order valence-corrected chi connectivity index (χ4v) is 2.55. The van der Waals surface area contributed by atoms with Gasteiger partial charge in [0.2, 0.25) is 0 Å². The maximum absolute atomic E-state index is 13.6. The molecule has 4 heteroatoms. The fourth-order valence-electron chi connectivity index (χ4n) is 1.85. The average Bonchev–Trinajstić information content (AvgIpc) is 2.90. The summed E-state index contributed by atoms with van der Waals surface area (Å²) >= 11 is 1.66. The molecule has 0 bridgehead atoms. The van der Waals surface area contributed by atoms with Gasteiger partial charge < -0.3 is 5.32 Å². The van der Waals surface area contributed by atoms with Gasteiger partial charge in [-0.15, -0.1) is 11.3 Å². The minimum atomic E-state index is -0.153. The van der Waals surface area contributed by atoms with E-state index in [1.807, 2.05) is 30.6 Å². The molecule has 0 amide bonds. The number of halogens is 1. The number of aromatic nitrogens is 1. The smallest absolute Gasteiger partial charge is 0.127 e. The van der Waals surface area contributed by atoms with E-state index in [9.17, 15) is 4.39 Å². The van der Waals surface area contributed by atoms with E-state index in [4.69, 9.17) is 0 Å². The Morgan fingerprint density at radius 2 is 2.11 bits per heavy atom. The Hall–Kier alpha value is -1.26. The molecule has 0 saturated heterocycles. The van der Waals surface area contributed by atoms with Gasteiger partial charge >= 0.3 is 0 Å². The van der Waals surface area contributed by atoms with Gasteiger partial charge in [0.1, 0.15) is 5.82 Å². The van der Waals surface area contributed by atoms with Gasteiger partial charge in [0, 0.05) is 35.6 Å². The van der Waals surface area contributed by atoms with Crippen molar-refractivity contribution in [3.8, 4) is 0 Å². The van der Waals surface area contributed by atoms with E-state index >= 15 is 0 Å². The lowest BCUT2D eigenvalue weighted by Gasteiger charge is -2.17. The molecule has 0 spiro atoms. The van der Waals surface area contributed by atoms with Crippen LogP contribution in [0.1, 0.15) is 36.4 Å². The van der Waals surface area contributed by atoms with E-state index < -0.39 is 0 Å². The lowest BCUT2D eigenvalue weighted by molar-refractivity contribution is 0.507. The Morgan fingerprint density at radius 1 is 1.33 bits per heavy atom. The largest absolute Gasteiger partial charge is 0.309 e. The SMILES string of the molecule is CC(CNC(C)c1ccccc1F)c1nccs1. The van der Waals surface area contributed by atoms with Crippen molar-refractivity contribution in [2.24, 2.45) is 0 Å². The summed E-state index contributed by atoms with van der Waals surface area (Å²) in [6.07, 6.45) is 1.82. The summed E-state index contributed by atoms with van der Waals surface area (Å²) in [4.78, 5) is 4.29. The summed E-state index contributed by atoms with van der Waals surface area (Å²) in [5.74, 6) is 0.193. The zero-order valence-electron chi connectivity index (χ0n) is 10.6. The summed E-state index contributed by atoms with van der Waals surface area (Å²) in [5, 5.41) is 6.45. The van der Waals surface area contributed by atoms with Gasteiger partial charge in [-0.25, -0.2) is 9.37 Å². The topological polar surface area (TPSA) is 24.9 Å². The molecule has 2 nitrogen and oxygen atoms in total. The first-order chi connectivity index (χ1) is 8.68. The highest BCUT2D eigenvalue weighted by atomic mass is 32.1. The van der Waals surface area contributed by atoms with Crippen LogP contribution < -0.4 is 5.32 Å². The second-order valence-corrected chi connectivity index (χ2v) is 5.35. The van der Waals surface area contributed by atoms with Crippen molar-refractivity contribution in [2.45, 2.75) is 25.8 Å². The third kappa shape index (κ3) is 3.15. The predicted octanol–water partition coefficient (Wildman–Crippen LogP) is 3.74. The normalized spacial score (nSPS) is 14.4. The first-order valence-corrected chi connectivity index (χ1v) is 6.93. The highest BCUT2D eigenvalue weighted by Crippen LogP contribution is 2.20. The molecule has 1 aromatic heterocycles. The average molecular weight is 264 g/mol. The third-order valence-electron chi connectivity index (χ3n) is 2.97. The lowest BCUT2D eigenvalue weighted by Crippen LogP contribution is -2.24. The standard InChI is InChI=1S/C14H17FN2S/c1-10(14-16-7-8-18-14)9-17-11(2)12-5-3-4-6-13(12)15/h3-8,10-11,17H,9H2,1-2H3. The van der Waals surface area contributed by atoms with Crippen molar-refractivity contribution in [1.82, 2.24) is 10.3 Å². The van der Waals surface area contributed by atoms with Crippen molar-refractivity contribution >= 4 is 11.3 Å². The van der Waals surface area contributed by atoms with Gasteiger partial charge in [0.15, 0.2) is 0 Å². The molecule has 2 rings (SSSR count). The molecule has 1 N–H and O–H groups in total. The number of thiazole rings is 1. The van der Waals surface area contributed by atoms with Crippen LogP contribution in [-0.2, 0) is 0 Å². The number of nitrogens with zero attached hydrogens (tertiary/aromatic N) is 1. The molecular formula is C14H17FN2S. The fraction of sp³-hybridized carbons (Fsp3) is 0.357. The third-order valence-corrected chi connectivity index (χ3v) is 3.98. The molecule has 0 aliphatic rings. The summed E-state index contributed by atoms with van der Waals surface area (Å²) in [6, 6.07) is 6.90. The monoisotopic (exact) mass is 264 g/mol. The van der Waals surface area contributed by atoms with E-state index in [1.165, 1.54) is 6.07 Å². The molecule has 0 aliphatic heterocycles. The zero-order valence-corrected chi connectivity index (χ0v) is 11.4. The highest BCUT2D eigenvalue weighted by molar-refractivity contribution is 7.09. The van der Waals surface area contributed by atoms with E-state index in [0.29, 0.717) is 11.5 Å². The maximum atomic E-state index is 13.6. The van der Waals surface area contributed by atoms with Crippen molar-refractivity contribution < 1.29 is 4.39 Å². The molecule has 2 aromatic rings. The van der Waals surface area contributed by atoms with Crippen LogP contribution >= 0.6 is 11.3 Å². The summed E-state index contributed by atoms with van der Waals surface area (Å²) < 4.78 is 13.6. The Labute approximate surface area is 111 Å². The highest BCUT2D eigenvalue weighted by Gasteiger charge is 2.13. The number of nitrogens with one attached hydrogen (secondary N) is 1. The van der Waals surface area contributed by atoms with Crippen LogP contribution in [0.15, 0.2) is 35.8 Å². The molecule has 1 aromatic carbocycles. The van der Waals surface area contributed by atoms with Gasteiger partial charge in [-0.3, -0.25) is 0 Å². The lowest BCUT2D eigenvalue weighted by atomic mass is 10.1. The van der Waals surface area contributed by atoms with Gasteiger partial charge in [-0.2, -0.15) is 0 Å². The number of hydrogen-bond donors (Lipinski definition) is 1. The first kappa shape index (κ1) is 13.2. The molecule has 0 saturated carbocycles. The van der Waals surface area contributed by atoms with Crippen LogP contribution in [0.25, 0.3) is 0 Å². The molecule has 18 heavy (non-hydrogen) atoms. The van der Waals surface area contributed by atoms with Crippen LogP contribution in [0.3, 0.4) is 0 Å². The van der Waals surface area contributed by atoms with E-state index in [-0.39, 0.29) is 11.9 Å². The van der Waals surface area contributed by atoms with Crippen molar-refractivity contribution in [3.63, 3.8) is 0 Å². The summed E-state index contributed by atoms with van der Waals surface area (Å²) in [6.45, 7) is 4.90. The Balaban J connectivity index is 1.93. The molecule has 0 radical (unpaired) electrons. The Kier molecular flexibility index (Phi) is 4.44. The van der Waals surface area contributed by atoms with Crippen molar-refractivity contribution in [1.29, 1.82) is 0 Å². The molecule has 0 aliphatic carbocycles. The van der Waals surface area contributed by atoms with Gasteiger partial charge in [0.05, 0.1) is 5.01 Å². The van der Waals surface area contributed by atoms with E-state index in [1.54, 1.807) is 17.4 Å². The minimum absolute atomic E-state index is 0.00797. The predicted molar refractivity (Wildman–Crippen MR) is 73.3 cm³/mol. The van der Waals surface area contributed by atoms with Crippen LogP contribution in [0.4, 0.5) is 4.39 Å². The van der Waals surface area contributed by atoms with Gasteiger partial charge in [-0.05, 0) is 13.0 Å². The van der Waals surface area contributed by atoms with E-state index in [2.05, 4.69) is 17.2 Å². The second-order valence-electron chi connectivity index (χ2n) is 4.42. The van der Waals surface area contributed by atoms with Crippen LogP contribution in [0, 0.1) is 5.82 Å². The molecule has 2 atom stereocenters. The van der Waals surface area contributed by atoms with Crippen molar-refractivity contribution in [2.75, 3.05) is 6.54 Å². The van der Waals surface area contributed by atoms with E-state index in [0.717, 1.165) is 11.6 Å². The molecule has 1 heterocycles. The zero-order chi connectivity index (χ0) is 13.0. The summed E-state index contributed by atoms with van der Waals surface area (Å²) in [5.41, 5.74) is 0.712. The van der Waals surface area contributed by atoms with Crippen LogP contribution in [0.5, 0.6) is 0 Å². The number of hydrogen-bond acceptors (Lipinski definition) is 3. The Morgan fingerprint density at radius 3 is 2.78 bits per heavy atom. The molecular weight excluding hydrogens is 247 g/mol. The van der Waals surface area contributed by atoms with Crippen LogP contribution in [-0.4, -0.2) is 11.5 Å².